The van der Waals surface area contributed by atoms with Crippen molar-refractivity contribution < 1.29 is 23.9 Å². The van der Waals surface area contributed by atoms with Crippen LogP contribution in [0.5, 0.6) is 5.75 Å². The molecule has 0 radical (unpaired) electrons. The van der Waals surface area contributed by atoms with Crippen LogP contribution in [0, 0.1) is 12.8 Å². The van der Waals surface area contributed by atoms with Crippen LogP contribution in [0.25, 0.3) is 0 Å². The molecule has 0 spiro atoms. The Kier molecular flexibility index (Phi) is 6.50. The summed E-state index contributed by atoms with van der Waals surface area (Å²) < 4.78 is 10.7. The average molecular weight is 443 g/mol. The Labute approximate surface area is 185 Å². The Morgan fingerprint density at radius 2 is 1.97 bits per heavy atom. The lowest BCUT2D eigenvalue weighted by molar-refractivity contribution is -0.141. The number of amides is 1. The molecule has 1 aromatic heterocycles. The van der Waals surface area contributed by atoms with Crippen molar-refractivity contribution in [2.75, 3.05) is 46.5 Å². The molecule has 0 bridgehead atoms. The van der Waals surface area contributed by atoms with Crippen molar-refractivity contribution in [2.24, 2.45) is 5.92 Å². The molecule has 2 saturated heterocycles. The fourth-order valence-electron chi connectivity index (χ4n) is 4.29. The fourth-order valence-corrected chi connectivity index (χ4v) is 5.16. The Bertz CT molecular complexity index is 968. The summed E-state index contributed by atoms with van der Waals surface area (Å²) in [6.07, 6.45) is 0. The second-order valence-corrected chi connectivity index (χ2v) is 8.78. The van der Waals surface area contributed by atoms with E-state index >= 15 is 0 Å². The normalized spacial score (nSPS) is 22.2. The molecule has 2 aromatic rings. The van der Waals surface area contributed by atoms with Crippen molar-refractivity contribution in [3.63, 3.8) is 0 Å². The van der Waals surface area contributed by atoms with Gasteiger partial charge in [0.2, 0.25) is 5.78 Å². The number of carbonyl (C=O) groups is 3. The van der Waals surface area contributed by atoms with Gasteiger partial charge in [-0.2, -0.15) is 0 Å². The van der Waals surface area contributed by atoms with Crippen molar-refractivity contribution in [1.82, 2.24) is 9.80 Å². The summed E-state index contributed by atoms with van der Waals surface area (Å²) in [6, 6.07) is 8.31. The maximum Gasteiger partial charge on any atom is 0.291 e. The highest BCUT2D eigenvalue weighted by Gasteiger charge is 2.52. The standard InChI is InChI=1S/C23H26N2O5S/c1-15-14-16(5-6-17(15)29-2)21(26)19-20(18-4-3-13-31-18)25(23(28)22(19)27)8-7-24-9-11-30-12-10-24/h3-6,13-14,19-20H,7-12H2,1-2H3. The Balaban J connectivity index is 1.62. The number of Topliss-reactive ketones (excluding diaryl/α,β-unsaturated/α-hetero) is 2. The van der Waals surface area contributed by atoms with Crippen molar-refractivity contribution in [1.29, 1.82) is 0 Å². The minimum atomic E-state index is -1.04. The molecule has 1 aromatic carbocycles. The molecule has 0 aliphatic carbocycles. The van der Waals surface area contributed by atoms with Crippen LogP contribution in [0.2, 0.25) is 0 Å². The molecule has 0 N–H and O–H groups in total. The minimum absolute atomic E-state index is 0.323. The predicted molar refractivity (Wildman–Crippen MR) is 117 cm³/mol. The Morgan fingerprint density at radius 1 is 1.19 bits per heavy atom. The molecule has 2 unspecified atom stereocenters. The first-order chi connectivity index (χ1) is 15.0. The molecule has 2 aliphatic heterocycles. The SMILES string of the molecule is COc1ccc(C(=O)C2C(=O)C(=O)N(CCN3CCOCC3)C2c2cccs2)cc1C. The molecule has 7 nitrogen and oxygen atoms in total. The number of methoxy groups -OCH3 is 1. The molecule has 8 heteroatoms. The molecule has 2 atom stereocenters. The van der Waals surface area contributed by atoms with Gasteiger partial charge in [-0.3, -0.25) is 19.3 Å². The number of hydrogen-bond acceptors (Lipinski definition) is 7. The zero-order valence-electron chi connectivity index (χ0n) is 17.7. The van der Waals surface area contributed by atoms with Gasteiger partial charge in [0.05, 0.1) is 26.4 Å². The highest BCUT2D eigenvalue weighted by Crippen LogP contribution is 2.40. The van der Waals surface area contributed by atoms with E-state index < -0.39 is 23.7 Å². The number of carbonyl (C=O) groups excluding carboxylic acids is 3. The lowest BCUT2D eigenvalue weighted by atomic mass is 9.88. The van der Waals surface area contributed by atoms with E-state index in [4.69, 9.17) is 9.47 Å². The topological polar surface area (TPSA) is 76.2 Å². The van der Waals surface area contributed by atoms with Gasteiger partial charge >= 0.3 is 0 Å². The van der Waals surface area contributed by atoms with Gasteiger partial charge in [-0.05, 0) is 42.1 Å². The minimum Gasteiger partial charge on any atom is -0.496 e. The van der Waals surface area contributed by atoms with E-state index in [1.807, 2.05) is 24.4 Å². The average Bonchev–Trinajstić information content (AvgIpc) is 3.40. The number of benzene rings is 1. The highest BCUT2D eigenvalue weighted by molar-refractivity contribution is 7.10. The van der Waals surface area contributed by atoms with E-state index in [9.17, 15) is 14.4 Å². The van der Waals surface area contributed by atoms with Crippen LogP contribution < -0.4 is 4.74 Å². The predicted octanol–water partition coefficient (Wildman–Crippen LogP) is 2.35. The summed E-state index contributed by atoms with van der Waals surface area (Å²) in [5.74, 6) is -1.89. The number of ketones is 2. The smallest absolute Gasteiger partial charge is 0.291 e. The molecule has 164 valence electrons. The van der Waals surface area contributed by atoms with Gasteiger partial charge in [0.1, 0.15) is 11.7 Å². The van der Waals surface area contributed by atoms with Crippen LogP contribution in [-0.4, -0.2) is 73.8 Å². The summed E-state index contributed by atoms with van der Waals surface area (Å²) in [7, 11) is 1.57. The van der Waals surface area contributed by atoms with Gasteiger partial charge in [-0.15, -0.1) is 11.3 Å². The third-order valence-electron chi connectivity index (χ3n) is 5.96. The second kappa shape index (κ2) is 9.30. The summed E-state index contributed by atoms with van der Waals surface area (Å²) >= 11 is 1.46. The van der Waals surface area contributed by atoms with E-state index in [1.54, 1.807) is 30.2 Å². The number of morpholine rings is 1. The lowest BCUT2D eigenvalue weighted by Gasteiger charge is -2.31. The number of thiophene rings is 1. The maximum absolute atomic E-state index is 13.4. The summed E-state index contributed by atoms with van der Waals surface area (Å²) in [4.78, 5) is 44.1. The molecule has 0 saturated carbocycles. The Morgan fingerprint density at radius 3 is 2.61 bits per heavy atom. The van der Waals surface area contributed by atoms with Crippen molar-refractivity contribution >= 4 is 28.8 Å². The van der Waals surface area contributed by atoms with Crippen molar-refractivity contribution in [2.45, 2.75) is 13.0 Å². The first kappa shape index (κ1) is 21.7. The molecule has 2 aliphatic rings. The van der Waals surface area contributed by atoms with E-state index in [0.717, 1.165) is 23.5 Å². The molecule has 4 rings (SSSR count). The molecule has 31 heavy (non-hydrogen) atoms. The third-order valence-corrected chi connectivity index (χ3v) is 6.91. The van der Waals surface area contributed by atoms with Crippen LogP contribution >= 0.6 is 11.3 Å². The number of rotatable bonds is 7. The summed E-state index contributed by atoms with van der Waals surface area (Å²) in [5.41, 5.74) is 1.23. The molecular formula is C23H26N2O5S. The molecular weight excluding hydrogens is 416 g/mol. The fraction of sp³-hybridized carbons (Fsp3) is 0.435. The molecule has 1 amide bonds. The van der Waals surface area contributed by atoms with Crippen LogP contribution in [0.4, 0.5) is 0 Å². The van der Waals surface area contributed by atoms with Gasteiger partial charge in [0.15, 0.2) is 5.78 Å². The lowest BCUT2D eigenvalue weighted by Crippen LogP contribution is -2.42. The first-order valence-electron chi connectivity index (χ1n) is 10.4. The van der Waals surface area contributed by atoms with Gasteiger partial charge in [-0.1, -0.05) is 6.07 Å². The van der Waals surface area contributed by atoms with Crippen molar-refractivity contribution in [3.05, 3.63) is 51.7 Å². The number of ether oxygens (including phenoxy) is 2. The van der Waals surface area contributed by atoms with Gasteiger partial charge in [0, 0.05) is 36.6 Å². The largest absolute Gasteiger partial charge is 0.496 e. The number of hydrogen-bond donors (Lipinski definition) is 0. The molecule has 3 heterocycles. The first-order valence-corrected chi connectivity index (χ1v) is 11.3. The number of nitrogens with zero attached hydrogens (tertiary/aromatic N) is 2. The summed E-state index contributed by atoms with van der Waals surface area (Å²) in [6.45, 7) is 5.83. The molecule has 2 fully saturated rings. The number of aryl methyl sites for hydroxylation is 1. The zero-order valence-corrected chi connectivity index (χ0v) is 18.5. The van der Waals surface area contributed by atoms with E-state index in [0.29, 0.717) is 37.6 Å². The zero-order chi connectivity index (χ0) is 22.0. The van der Waals surface area contributed by atoms with Gasteiger partial charge in [-0.25, -0.2) is 0 Å². The van der Waals surface area contributed by atoms with Gasteiger partial charge < -0.3 is 14.4 Å². The van der Waals surface area contributed by atoms with E-state index in [2.05, 4.69) is 4.90 Å². The number of likely N-dealkylation sites (tertiary alicyclic amines) is 1. The van der Waals surface area contributed by atoms with E-state index in [1.165, 1.54) is 11.3 Å². The third kappa shape index (κ3) is 4.28. The van der Waals surface area contributed by atoms with Gasteiger partial charge in [0.25, 0.3) is 5.91 Å². The van der Waals surface area contributed by atoms with Crippen molar-refractivity contribution in [3.8, 4) is 5.75 Å². The Hall–Kier alpha value is -2.55. The quantitative estimate of drug-likeness (QED) is 0.372. The van der Waals surface area contributed by atoms with Crippen LogP contribution in [-0.2, 0) is 14.3 Å². The van der Waals surface area contributed by atoms with Crippen LogP contribution in [0.15, 0.2) is 35.7 Å². The second-order valence-electron chi connectivity index (χ2n) is 7.80. The summed E-state index contributed by atoms with van der Waals surface area (Å²) in [5, 5.41) is 1.90. The maximum atomic E-state index is 13.4. The van der Waals surface area contributed by atoms with Crippen LogP contribution in [0.1, 0.15) is 26.8 Å². The highest BCUT2D eigenvalue weighted by atomic mass is 32.1. The van der Waals surface area contributed by atoms with E-state index in [-0.39, 0.29) is 5.78 Å². The monoisotopic (exact) mass is 442 g/mol. The van der Waals surface area contributed by atoms with Crippen LogP contribution in [0.3, 0.4) is 0 Å².